The number of fused-ring (bicyclic) bond motifs is 4. The van der Waals surface area contributed by atoms with Crippen LogP contribution in [0.3, 0.4) is 0 Å². The highest BCUT2D eigenvalue weighted by atomic mass is 32.2. The predicted molar refractivity (Wildman–Crippen MR) is 247 cm³/mol. The Labute approximate surface area is 366 Å². The molecule has 0 amide bonds. The normalized spacial score (nSPS) is 19.6. The molecule has 5 aromatic rings. The number of nitrogens with zero attached hydrogens (tertiary/aromatic N) is 2. The average molecular weight is 854 g/mol. The van der Waals surface area contributed by atoms with Gasteiger partial charge in [0.2, 0.25) is 11.3 Å². The number of hydrogen-bond acceptors (Lipinski definition) is 9. The molecule has 0 spiro atoms. The van der Waals surface area contributed by atoms with Gasteiger partial charge in [0.15, 0.2) is 18.1 Å². The maximum absolute atomic E-state index is 15.0. The Morgan fingerprint density at radius 1 is 0.629 bits per heavy atom. The maximum atomic E-state index is 15.0. The number of carbonyl (C=O) groups is 3. The van der Waals surface area contributed by atoms with Crippen LogP contribution < -0.4 is 9.47 Å². The molecule has 10 rings (SSSR count). The van der Waals surface area contributed by atoms with E-state index in [9.17, 15) is 20.1 Å². The molecular formula is C52H41N2O6S2+. The molecule has 1 aromatic heterocycles. The Balaban J connectivity index is 1.05. The zero-order valence-corrected chi connectivity index (χ0v) is 35.7. The summed E-state index contributed by atoms with van der Waals surface area (Å²) in [5.74, 6) is -2.31. The van der Waals surface area contributed by atoms with Crippen molar-refractivity contribution in [1.82, 2.24) is 0 Å². The molecule has 1 aliphatic heterocycles. The number of aliphatic hydroxyl groups excluding tert-OH is 3. The summed E-state index contributed by atoms with van der Waals surface area (Å²) in [6, 6.07) is 30.5. The molecule has 0 saturated carbocycles. The lowest BCUT2D eigenvalue weighted by molar-refractivity contribution is -0.669. The lowest BCUT2D eigenvalue weighted by Gasteiger charge is -2.30. The molecule has 0 radical (unpaired) electrons. The minimum atomic E-state index is -0.584. The number of ketones is 3. The highest BCUT2D eigenvalue weighted by Gasteiger charge is 2.44. The SMILES string of the molecule is CCCCN1C(=CC2=C(O)C(C3=Cc4ccccc4C(=C4C(=O)C(C5=C(O)C(=Cc6sc7ccccc7[n+]6CCCC)C5=O)=Cc5ccccc54)C3=O)=C2O)Sc2ccccc21. The summed E-state index contributed by atoms with van der Waals surface area (Å²) >= 11 is 3.09. The molecule has 0 unspecified atom stereocenters. The second kappa shape index (κ2) is 15.6. The van der Waals surface area contributed by atoms with Crippen LogP contribution >= 0.6 is 23.1 Å². The number of allylic oxidation sites excluding steroid dienone is 7. The van der Waals surface area contributed by atoms with Crippen LogP contribution in [-0.2, 0) is 20.9 Å². The molecular weight excluding hydrogens is 813 g/mol. The van der Waals surface area contributed by atoms with Crippen LogP contribution in [0.2, 0.25) is 0 Å². The molecule has 0 fully saturated rings. The first-order chi connectivity index (χ1) is 30.2. The second-order valence-electron chi connectivity index (χ2n) is 15.8. The van der Waals surface area contributed by atoms with Crippen LogP contribution in [0.1, 0.15) is 66.8 Å². The van der Waals surface area contributed by atoms with Gasteiger partial charge in [-0.25, -0.2) is 0 Å². The van der Waals surface area contributed by atoms with Crippen molar-refractivity contribution in [2.24, 2.45) is 0 Å². The quantitative estimate of drug-likeness (QED) is 0.0939. The third-order valence-corrected chi connectivity index (χ3v) is 14.2. The van der Waals surface area contributed by atoms with Gasteiger partial charge in [-0.3, -0.25) is 14.4 Å². The van der Waals surface area contributed by atoms with E-state index in [0.29, 0.717) is 22.3 Å². The van der Waals surface area contributed by atoms with Gasteiger partial charge in [0.1, 0.15) is 22.0 Å². The van der Waals surface area contributed by atoms with Gasteiger partial charge in [0.25, 0.3) is 5.01 Å². The lowest BCUT2D eigenvalue weighted by atomic mass is 9.71. The first-order valence-corrected chi connectivity index (χ1v) is 22.5. The number of aliphatic hydroxyl groups is 3. The van der Waals surface area contributed by atoms with Crippen LogP contribution in [0, 0.1) is 0 Å². The van der Waals surface area contributed by atoms with Crippen molar-refractivity contribution in [2.75, 3.05) is 11.4 Å². The van der Waals surface area contributed by atoms with E-state index < -0.39 is 17.3 Å². The van der Waals surface area contributed by atoms with Gasteiger partial charge in [0.05, 0.1) is 33.0 Å². The number of hydrogen-bond donors (Lipinski definition) is 3. The van der Waals surface area contributed by atoms with E-state index in [-0.39, 0.29) is 61.9 Å². The Bertz CT molecular complexity index is 3110. The van der Waals surface area contributed by atoms with Gasteiger partial charge in [0, 0.05) is 52.3 Å². The average Bonchev–Trinajstić information content (AvgIpc) is 3.83. The highest BCUT2D eigenvalue weighted by molar-refractivity contribution is 8.03. The van der Waals surface area contributed by atoms with Crippen molar-refractivity contribution in [1.29, 1.82) is 0 Å². The van der Waals surface area contributed by atoms with E-state index in [1.54, 1.807) is 66.4 Å². The minimum absolute atomic E-state index is 0.00379. The van der Waals surface area contributed by atoms with Crippen LogP contribution in [0.15, 0.2) is 164 Å². The van der Waals surface area contributed by atoms with E-state index in [1.165, 1.54) is 11.3 Å². The Hall–Kier alpha value is -6.75. The fraction of sp³-hybridized carbons (Fsp3) is 0.154. The van der Waals surface area contributed by atoms with Crippen LogP contribution in [0.25, 0.3) is 39.6 Å². The zero-order valence-electron chi connectivity index (χ0n) is 34.1. The van der Waals surface area contributed by atoms with Gasteiger partial charge >= 0.3 is 0 Å². The highest BCUT2D eigenvalue weighted by Crippen LogP contribution is 2.51. The Morgan fingerprint density at radius 3 is 1.90 bits per heavy atom. The number of thioether (sulfide) groups is 1. The van der Waals surface area contributed by atoms with Gasteiger partial charge < -0.3 is 20.2 Å². The Morgan fingerprint density at radius 2 is 1.24 bits per heavy atom. The largest absolute Gasteiger partial charge is 0.506 e. The van der Waals surface area contributed by atoms with Crippen molar-refractivity contribution < 1.29 is 34.3 Å². The number of carbonyl (C=O) groups excluding carboxylic acids is 3. The molecule has 0 atom stereocenters. The van der Waals surface area contributed by atoms with Crippen molar-refractivity contribution in [3.05, 3.63) is 186 Å². The van der Waals surface area contributed by atoms with Crippen molar-refractivity contribution >= 4 is 85.7 Å². The molecule has 0 bridgehead atoms. The lowest BCUT2D eigenvalue weighted by Crippen LogP contribution is -2.36. The zero-order chi connectivity index (χ0) is 42.8. The fourth-order valence-corrected chi connectivity index (χ4v) is 11.1. The third kappa shape index (κ3) is 6.19. The standard InChI is InChI=1S/C52H40N2O6S2/c1-3-5-23-53-37-19-11-13-21-39(37)61-41(53)27-35-49(57)45(50(35)58)33-25-29-15-7-9-17-31(29)43(47(33)55)44-32-18-10-8-16-30(32)26-34(48(44)56)46-51(59)36(52(46)60)28-42-54(24-6-4-2)38-20-12-14-22-40(38)62-42/h7-22,25-28H,3-6,23-24H2,1-2H3,(H2,57,58,59,60)/p+1. The van der Waals surface area contributed by atoms with E-state index in [0.717, 1.165) is 69.6 Å². The summed E-state index contributed by atoms with van der Waals surface area (Å²) in [6.07, 6.45) is 10.6. The molecule has 5 aliphatic rings. The molecule has 2 heterocycles. The van der Waals surface area contributed by atoms with Gasteiger partial charge in [-0.2, -0.15) is 4.57 Å². The smallest absolute Gasteiger partial charge is 0.263 e. The number of anilines is 1. The molecule has 0 saturated heterocycles. The van der Waals surface area contributed by atoms with Gasteiger partial charge in [-0.05, 0) is 65.1 Å². The molecule has 62 heavy (non-hydrogen) atoms. The monoisotopic (exact) mass is 853 g/mol. The molecule has 4 aliphatic carbocycles. The number of unbranched alkanes of at least 4 members (excludes halogenated alkanes) is 2. The van der Waals surface area contributed by atoms with Crippen LogP contribution in [0.4, 0.5) is 5.69 Å². The minimum Gasteiger partial charge on any atom is -0.506 e. The van der Waals surface area contributed by atoms with Crippen molar-refractivity contribution in [3.8, 4) is 0 Å². The number of aryl methyl sites for hydroxylation is 1. The van der Waals surface area contributed by atoms with Crippen molar-refractivity contribution in [2.45, 2.75) is 51.0 Å². The van der Waals surface area contributed by atoms with Crippen molar-refractivity contribution in [3.63, 3.8) is 0 Å². The predicted octanol–water partition coefficient (Wildman–Crippen LogP) is 11.2. The molecule has 8 nitrogen and oxygen atoms in total. The summed E-state index contributed by atoms with van der Waals surface area (Å²) in [7, 11) is 0. The van der Waals surface area contributed by atoms with E-state index >= 15 is 9.59 Å². The maximum Gasteiger partial charge on any atom is 0.263 e. The first-order valence-electron chi connectivity index (χ1n) is 20.9. The Kier molecular flexibility index (Phi) is 9.92. The summed E-state index contributed by atoms with van der Waals surface area (Å²) < 4.78 is 3.22. The number of rotatable bonds is 10. The number of aromatic nitrogens is 1. The summed E-state index contributed by atoms with van der Waals surface area (Å²) in [5, 5.41) is 36.7. The molecule has 3 N–H and O–H groups in total. The number of benzene rings is 4. The summed E-state index contributed by atoms with van der Waals surface area (Å²) in [6.45, 7) is 5.77. The fourth-order valence-electron chi connectivity index (χ4n) is 8.81. The van der Waals surface area contributed by atoms with Crippen LogP contribution in [0.5, 0.6) is 0 Å². The second-order valence-corrected chi connectivity index (χ2v) is 17.9. The third-order valence-electron chi connectivity index (χ3n) is 12.0. The molecule has 4 aromatic carbocycles. The molecule has 10 heteroatoms. The van der Waals surface area contributed by atoms with E-state index in [2.05, 4.69) is 29.4 Å². The molecule has 306 valence electrons. The summed E-state index contributed by atoms with van der Waals surface area (Å²) in [4.78, 5) is 47.4. The number of para-hydroxylation sites is 2. The van der Waals surface area contributed by atoms with Gasteiger partial charge in [-0.1, -0.05) is 123 Å². The van der Waals surface area contributed by atoms with E-state index in [1.807, 2.05) is 60.7 Å². The first kappa shape index (κ1) is 39.4. The number of Topliss-reactive ketones (excluding diaryl/α,β-unsaturated/α-hetero) is 3. The topological polar surface area (TPSA) is 119 Å². The summed E-state index contributed by atoms with van der Waals surface area (Å²) in [5.41, 5.74) is 4.77. The number of thiazole rings is 1. The van der Waals surface area contributed by atoms with E-state index in [4.69, 9.17) is 0 Å². The van der Waals surface area contributed by atoms with Gasteiger partial charge in [-0.15, -0.1) is 0 Å². The van der Waals surface area contributed by atoms with Crippen LogP contribution in [-0.4, -0.2) is 39.2 Å².